The van der Waals surface area contributed by atoms with E-state index in [0.29, 0.717) is 18.5 Å². The summed E-state index contributed by atoms with van der Waals surface area (Å²) in [5, 5.41) is 8.63. The highest BCUT2D eigenvalue weighted by Crippen LogP contribution is 2.25. The standard InChI is InChI=1S/C19H27N5O/c25-19(23-11-5-1-2-6-12-23)15-22-13-9-16(10-14-22)24-18-8-4-3-7-17(18)20-21-24/h3-4,7-8,16H,1-2,5-6,9-15H2. The summed E-state index contributed by atoms with van der Waals surface area (Å²) in [6, 6.07) is 8.52. The van der Waals surface area contributed by atoms with Gasteiger partial charge in [0, 0.05) is 26.2 Å². The number of para-hydroxylation sites is 1. The molecule has 25 heavy (non-hydrogen) atoms. The van der Waals surface area contributed by atoms with Gasteiger partial charge in [-0.25, -0.2) is 4.68 Å². The Morgan fingerprint density at radius 2 is 1.72 bits per heavy atom. The van der Waals surface area contributed by atoms with Crippen LogP contribution < -0.4 is 0 Å². The molecule has 3 heterocycles. The van der Waals surface area contributed by atoms with Gasteiger partial charge in [-0.05, 0) is 37.8 Å². The number of hydrogen-bond acceptors (Lipinski definition) is 4. The zero-order valence-electron chi connectivity index (χ0n) is 14.8. The number of rotatable bonds is 3. The molecule has 1 aromatic carbocycles. The normalized spacial score (nSPS) is 20.7. The molecule has 0 N–H and O–H groups in total. The Kier molecular flexibility index (Phi) is 4.97. The average molecular weight is 341 g/mol. The van der Waals surface area contributed by atoms with Gasteiger partial charge in [-0.15, -0.1) is 5.10 Å². The molecular weight excluding hydrogens is 314 g/mol. The molecule has 0 unspecified atom stereocenters. The summed E-state index contributed by atoms with van der Waals surface area (Å²) in [6.45, 7) is 4.38. The lowest BCUT2D eigenvalue weighted by molar-refractivity contribution is -0.132. The molecule has 6 heteroatoms. The molecule has 1 aromatic heterocycles. The van der Waals surface area contributed by atoms with Crippen LogP contribution in [-0.4, -0.2) is 63.4 Å². The summed E-state index contributed by atoms with van der Waals surface area (Å²) >= 11 is 0. The van der Waals surface area contributed by atoms with E-state index in [9.17, 15) is 4.79 Å². The van der Waals surface area contributed by atoms with Crippen LogP contribution in [-0.2, 0) is 4.79 Å². The first kappa shape index (κ1) is 16.5. The quantitative estimate of drug-likeness (QED) is 0.861. The van der Waals surface area contributed by atoms with Crippen LogP contribution >= 0.6 is 0 Å². The van der Waals surface area contributed by atoms with Crippen LogP contribution in [0.25, 0.3) is 11.0 Å². The number of carbonyl (C=O) groups excluding carboxylic acids is 1. The number of aromatic nitrogens is 3. The Morgan fingerprint density at radius 1 is 1.00 bits per heavy atom. The predicted molar refractivity (Wildman–Crippen MR) is 97.3 cm³/mol. The topological polar surface area (TPSA) is 54.3 Å². The van der Waals surface area contributed by atoms with Gasteiger partial charge in [0.15, 0.2) is 0 Å². The maximum Gasteiger partial charge on any atom is 0.236 e. The number of likely N-dealkylation sites (tertiary alicyclic amines) is 2. The van der Waals surface area contributed by atoms with E-state index in [-0.39, 0.29) is 0 Å². The van der Waals surface area contributed by atoms with E-state index in [1.165, 1.54) is 12.8 Å². The second-order valence-electron chi connectivity index (χ2n) is 7.33. The van der Waals surface area contributed by atoms with Crippen LogP contribution in [0.5, 0.6) is 0 Å². The van der Waals surface area contributed by atoms with E-state index in [4.69, 9.17) is 0 Å². The molecule has 1 amide bonds. The molecule has 0 spiro atoms. The highest BCUT2D eigenvalue weighted by atomic mass is 16.2. The third kappa shape index (κ3) is 3.68. The summed E-state index contributed by atoms with van der Waals surface area (Å²) in [5.41, 5.74) is 2.07. The molecule has 2 fully saturated rings. The summed E-state index contributed by atoms with van der Waals surface area (Å²) in [7, 11) is 0. The minimum atomic E-state index is 0.312. The summed E-state index contributed by atoms with van der Waals surface area (Å²) < 4.78 is 2.07. The predicted octanol–water partition coefficient (Wildman–Crippen LogP) is 2.47. The average Bonchev–Trinajstić information content (AvgIpc) is 2.88. The number of fused-ring (bicyclic) bond motifs is 1. The lowest BCUT2D eigenvalue weighted by atomic mass is 10.0. The molecule has 0 aliphatic carbocycles. The number of carbonyl (C=O) groups is 1. The number of nitrogens with zero attached hydrogens (tertiary/aromatic N) is 5. The number of benzene rings is 1. The van der Waals surface area contributed by atoms with Gasteiger partial charge in [0.05, 0.1) is 18.1 Å². The molecule has 2 saturated heterocycles. The second kappa shape index (κ2) is 7.52. The van der Waals surface area contributed by atoms with Crippen molar-refractivity contribution in [1.82, 2.24) is 24.8 Å². The molecule has 0 saturated carbocycles. The number of hydrogen-bond donors (Lipinski definition) is 0. The number of piperidine rings is 1. The summed E-state index contributed by atoms with van der Waals surface area (Å²) in [4.78, 5) is 16.9. The molecule has 134 valence electrons. The van der Waals surface area contributed by atoms with Crippen LogP contribution in [0.1, 0.15) is 44.6 Å². The molecule has 2 aromatic rings. The third-order valence-corrected chi connectivity index (χ3v) is 5.60. The summed E-state index contributed by atoms with van der Waals surface area (Å²) in [5.74, 6) is 0.312. The van der Waals surface area contributed by atoms with Crippen LogP contribution in [0.3, 0.4) is 0 Å². The maximum atomic E-state index is 12.6. The van der Waals surface area contributed by atoms with Crippen LogP contribution in [0.2, 0.25) is 0 Å². The Morgan fingerprint density at radius 3 is 2.48 bits per heavy atom. The third-order valence-electron chi connectivity index (χ3n) is 5.60. The first-order valence-corrected chi connectivity index (χ1v) is 9.61. The van der Waals surface area contributed by atoms with Crippen molar-refractivity contribution in [3.8, 4) is 0 Å². The molecule has 0 bridgehead atoms. The van der Waals surface area contributed by atoms with Gasteiger partial charge in [-0.2, -0.15) is 0 Å². The Hall–Kier alpha value is -1.95. The van der Waals surface area contributed by atoms with Crippen molar-refractivity contribution >= 4 is 16.9 Å². The second-order valence-corrected chi connectivity index (χ2v) is 7.33. The Balaban J connectivity index is 1.33. The van der Waals surface area contributed by atoms with Crippen molar-refractivity contribution < 1.29 is 4.79 Å². The Labute approximate surface area is 148 Å². The SMILES string of the molecule is O=C(CN1CCC(n2nnc3ccccc32)CC1)N1CCCCCC1. The summed E-state index contributed by atoms with van der Waals surface area (Å²) in [6.07, 6.45) is 6.91. The highest BCUT2D eigenvalue weighted by Gasteiger charge is 2.25. The maximum absolute atomic E-state index is 12.6. The first-order valence-electron chi connectivity index (χ1n) is 9.61. The lowest BCUT2D eigenvalue weighted by Gasteiger charge is -2.33. The minimum absolute atomic E-state index is 0.312. The van der Waals surface area contributed by atoms with Gasteiger partial charge < -0.3 is 4.90 Å². The Bertz CT molecular complexity index is 711. The smallest absolute Gasteiger partial charge is 0.236 e. The zero-order valence-corrected chi connectivity index (χ0v) is 14.8. The molecular formula is C19H27N5O. The monoisotopic (exact) mass is 341 g/mol. The van der Waals surface area contributed by atoms with Gasteiger partial charge in [-0.3, -0.25) is 9.69 Å². The van der Waals surface area contributed by atoms with Gasteiger partial charge in [0.25, 0.3) is 0 Å². The first-order chi connectivity index (χ1) is 12.3. The fraction of sp³-hybridized carbons (Fsp3) is 0.632. The van der Waals surface area contributed by atoms with Crippen LogP contribution in [0.4, 0.5) is 0 Å². The fourth-order valence-electron chi connectivity index (χ4n) is 4.09. The van der Waals surface area contributed by atoms with E-state index in [1.807, 2.05) is 18.2 Å². The van der Waals surface area contributed by atoms with E-state index in [0.717, 1.165) is 62.9 Å². The molecule has 2 aliphatic heterocycles. The van der Waals surface area contributed by atoms with Crippen molar-refractivity contribution in [2.24, 2.45) is 0 Å². The van der Waals surface area contributed by atoms with E-state index in [2.05, 4.69) is 30.9 Å². The van der Waals surface area contributed by atoms with Crippen LogP contribution in [0.15, 0.2) is 24.3 Å². The highest BCUT2D eigenvalue weighted by molar-refractivity contribution is 5.78. The van der Waals surface area contributed by atoms with Gasteiger partial charge in [-0.1, -0.05) is 30.2 Å². The van der Waals surface area contributed by atoms with Gasteiger partial charge in [0.2, 0.25) is 5.91 Å². The van der Waals surface area contributed by atoms with Crippen LogP contribution in [0, 0.1) is 0 Å². The van der Waals surface area contributed by atoms with Gasteiger partial charge in [0.1, 0.15) is 5.52 Å². The van der Waals surface area contributed by atoms with E-state index >= 15 is 0 Å². The van der Waals surface area contributed by atoms with Crippen molar-refractivity contribution in [1.29, 1.82) is 0 Å². The fourth-order valence-corrected chi connectivity index (χ4v) is 4.09. The van der Waals surface area contributed by atoms with E-state index in [1.54, 1.807) is 0 Å². The van der Waals surface area contributed by atoms with Gasteiger partial charge >= 0.3 is 0 Å². The minimum Gasteiger partial charge on any atom is -0.342 e. The zero-order chi connectivity index (χ0) is 17.1. The molecule has 2 aliphatic rings. The number of amides is 1. The molecule has 0 atom stereocenters. The van der Waals surface area contributed by atoms with Crippen molar-refractivity contribution in [3.63, 3.8) is 0 Å². The molecule has 4 rings (SSSR count). The lowest BCUT2D eigenvalue weighted by Crippen LogP contribution is -2.44. The molecule has 0 radical (unpaired) electrons. The van der Waals surface area contributed by atoms with Crippen molar-refractivity contribution in [3.05, 3.63) is 24.3 Å². The van der Waals surface area contributed by atoms with Crippen molar-refractivity contribution in [2.75, 3.05) is 32.7 Å². The van der Waals surface area contributed by atoms with E-state index < -0.39 is 0 Å². The van der Waals surface area contributed by atoms with Crippen molar-refractivity contribution in [2.45, 2.75) is 44.6 Å². The largest absolute Gasteiger partial charge is 0.342 e. The molecule has 6 nitrogen and oxygen atoms in total.